The molecule has 0 saturated carbocycles. The van der Waals surface area contributed by atoms with Crippen LogP contribution in [0.5, 0.6) is 0 Å². The van der Waals surface area contributed by atoms with E-state index in [0.29, 0.717) is 6.42 Å². The number of hydrogen-bond acceptors (Lipinski definition) is 3. The van der Waals surface area contributed by atoms with Crippen LogP contribution in [0.15, 0.2) is 28.7 Å². The highest BCUT2D eigenvalue weighted by molar-refractivity contribution is 9.10. The minimum atomic E-state index is -0.608. The Bertz CT molecular complexity index is 358. The van der Waals surface area contributed by atoms with Crippen LogP contribution in [0.1, 0.15) is 38.3 Å². The number of aliphatic hydroxyl groups excluding tert-OH is 2. The summed E-state index contributed by atoms with van der Waals surface area (Å²) < 4.78 is 1.04. The van der Waals surface area contributed by atoms with E-state index in [1.54, 1.807) is 0 Å². The molecule has 0 radical (unpaired) electrons. The van der Waals surface area contributed by atoms with E-state index < -0.39 is 5.54 Å². The summed E-state index contributed by atoms with van der Waals surface area (Å²) in [4.78, 5) is 0. The maximum atomic E-state index is 9.49. The van der Waals surface area contributed by atoms with E-state index in [1.807, 2.05) is 19.1 Å². The summed E-state index contributed by atoms with van der Waals surface area (Å²) in [5, 5.41) is 22.4. The zero-order chi connectivity index (χ0) is 13.6. The summed E-state index contributed by atoms with van der Waals surface area (Å²) in [6, 6.07) is 8.23. The third kappa shape index (κ3) is 3.79. The van der Waals surface area contributed by atoms with Crippen molar-refractivity contribution in [3.63, 3.8) is 0 Å². The Morgan fingerprint density at radius 1 is 1.28 bits per heavy atom. The fourth-order valence-electron chi connectivity index (χ4n) is 1.98. The lowest BCUT2D eigenvalue weighted by Crippen LogP contribution is -2.52. The van der Waals surface area contributed by atoms with Gasteiger partial charge in [-0.25, -0.2) is 0 Å². The molecule has 0 amide bonds. The van der Waals surface area contributed by atoms with Crippen molar-refractivity contribution in [2.45, 2.75) is 38.3 Å². The third-order valence-corrected chi connectivity index (χ3v) is 3.92. The molecule has 0 aromatic heterocycles. The Morgan fingerprint density at radius 3 is 2.39 bits per heavy atom. The lowest BCUT2D eigenvalue weighted by atomic mass is 9.94. The average Bonchev–Trinajstić information content (AvgIpc) is 2.41. The molecule has 102 valence electrons. The number of rotatable bonds is 7. The molecule has 1 aromatic carbocycles. The van der Waals surface area contributed by atoms with E-state index in [2.05, 4.69) is 40.3 Å². The largest absolute Gasteiger partial charge is 0.394 e. The highest BCUT2D eigenvalue weighted by Gasteiger charge is 2.29. The van der Waals surface area contributed by atoms with E-state index >= 15 is 0 Å². The molecule has 0 fully saturated rings. The second-order valence-electron chi connectivity index (χ2n) is 4.61. The predicted molar refractivity (Wildman–Crippen MR) is 77.5 cm³/mol. The van der Waals surface area contributed by atoms with Gasteiger partial charge in [-0.15, -0.1) is 0 Å². The number of benzene rings is 1. The molecule has 0 aliphatic heterocycles. The van der Waals surface area contributed by atoms with Crippen molar-refractivity contribution in [2.75, 3.05) is 13.2 Å². The molecule has 0 saturated heterocycles. The lowest BCUT2D eigenvalue weighted by molar-refractivity contribution is 0.0768. The predicted octanol–water partition coefficient (Wildman–Crippen LogP) is 2.62. The van der Waals surface area contributed by atoms with Gasteiger partial charge in [-0.2, -0.15) is 0 Å². The Morgan fingerprint density at radius 2 is 1.94 bits per heavy atom. The topological polar surface area (TPSA) is 52.5 Å². The monoisotopic (exact) mass is 315 g/mol. The summed E-state index contributed by atoms with van der Waals surface area (Å²) in [5.41, 5.74) is 0.551. The van der Waals surface area contributed by atoms with Crippen LogP contribution in [0.25, 0.3) is 0 Å². The van der Waals surface area contributed by atoms with Crippen molar-refractivity contribution < 1.29 is 10.2 Å². The average molecular weight is 316 g/mol. The molecule has 1 atom stereocenters. The Kier molecular flexibility index (Phi) is 6.29. The Labute approximate surface area is 117 Å². The Balaban J connectivity index is 2.90. The fourth-order valence-corrected chi connectivity index (χ4v) is 2.40. The maximum absolute atomic E-state index is 9.49. The molecule has 0 aliphatic rings. The number of halogens is 1. The fraction of sp³-hybridized carbons (Fsp3) is 0.571. The van der Waals surface area contributed by atoms with E-state index in [1.165, 1.54) is 0 Å². The van der Waals surface area contributed by atoms with Crippen LogP contribution in [-0.2, 0) is 0 Å². The van der Waals surface area contributed by atoms with Crippen LogP contribution in [0, 0.1) is 0 Å². The summed E-state index contributed by atoms with van der Waals surface area (Å²) in [7, 11) is 0. The van der Waals surface area contributed by atoms with Gasteiger partial charge >= 0.3 is 0 Å². The summed E-state index contributed by atoms with van der Waals surface area (Å²) in [5.74, 6) is 0. The summed E-state index contributed by atoms with van der Waals surface area (Å²) in [6.45, 7) is 3.93. The van der Waals surface area contributed by atoms with Gasteiger partial charge < -0.3 is 15.5 Å². The van der Waals surface area contributed by atoms with Crippen molar-refractivity contribution in [3.8, 4) is 0 Å². The first-order chi connectivity index (χ1) is 8.60. The molecule has 0 aliphatic carbocycles. The van der Waals surface area contributed by atoms with Gasteiger partial charge in [0.1, 0.15) is 0 Å². The SMILES string of the molecule is CCC(NC(CC)(CO)CO)c1cccc(Br)c1. The maximum Gasteiger partial charge on any atom is 0.0650 e. The van der Waals surface area contributed by atoms with Crippen LogP contribution in [0.4, 0.5) is 0 Å². The molecule has 0 spiro atoms. The van der Waals surface area contributed by atoms with Crippen molar-refractivity contribution in [1.29, 1.82) is 0 Å². The summed E-state index contributed by atoms with van der Waals surface area (Å²) in [6.07, 6.45) is 1.59. The smallest absolute Gasteiger partial charge is 0.0650 e. The van der Waals surface area contributed by atoms with E-state index in [4.69, 9.17) is 0 Å². The first-order valence-corrected chi connectivity index (χ1v) is 7.15. The Hall–Kier alpha value is -0.420. The number of nitrogens with one attached hydrogen (secondary N) is 1. The van der Waals surface area contributed by atoms with Gasteiger partial charge in [-0.1, -0.05) is 41.9 Å². The van der Waals surface area contributed by atoms with Gasteiger partial charge in [0.15, 0.2) is 0 Å². The molecule has 1 aromatic rings. The van der Waals surface area contributed by atoms with Gasteiger partial charge in [0.05, 0.1) is 18.8 Å². The normalized spacial score (nSPS) is 13.6. The molecular formula is C14H22BrNO2. The third-order valence-electron chi connectivity index (χ3n) is 3.42. The molecule has 1 rings (SSSR count). The van der Waals surface area contributed by atoms with E-state index in [9.17, 15) is 10.2 Å². The van der Waals surface area contributed by atoms with Crippen molar-refractivity contribution in [2.24, 2.45) is 0 Å². The standard InChI is InChI=1S/C14H22BrNO2/c1-3-13(11-6-5-7-12(15)8-11)16-14(4-2,9-17)10-18/h5-8,13,16-18H,3-4,9-10H2,1-2H3. The van der Waals surface area contributed by atoms with Crippen molar-refractivity contribution in [3.05, 3.63) is 34.3 Å². The second kappa shape index (κ2) is 7.24. The van der Waals surface area contributed by atoms with Crippen LogP contribution in [0.2, 0.25) is 0 Å². The van der Waals surface area contributed by atoms with Crippen molar-refractivity contribution >= 4 is 15.9 Å². The van der Waals surface area contributed by atoms with Crippen LogP contribution in [-0.4, -0.2) is 29.0 Å². The first kappa shape index (κ1) is 15.6. The van der Waals surface area contributed by atoms with Crippen LogP contribution in [0.3, 0.4) is 0 Å². The van der Waals surface area contributed by atoms with E-state index in [-0.39, 0.29) is 19.3 Å². The van der Waals surface area contributed by atoms with Gasteiger partial charge in [0.2, 0.25) is 0 Å². The molecule has 3 N–H and O–H groups in total. The van der Waals surface area contributed by atoms with Gasteiger partial charge in [-0.05, 0) is 30.5 Å². The molecular weight excluding hydrogens is 294 g/mol. The minimum Gasteiger partial charge on any atom is -0.394 e. The molecule has 4 heteroatoms. The molecule has 18 heavy (non-hydrogen) atoms. The highest BCUT2D eigenvalue weighted by Crippen LogP contribution is 2.24. The molecule has 1 unspecified atom stereocenters. The van der Waals surface area contributed by atoms with Gasteiger partial charge in [-0.3, -0.25) is 0 Å². The highest BCUT2D eigenvalue weighted by atomic mass is 79.9. The van der Waals surface area contributed by atoms with Gasteiger partial charge in [0.25, 0.3) is 0 Å². The van der Waals surface area contributed by atoms with Gasteiger partial charge in [0, 0.05) is 10.5 Å². The quantitative estimate of drug-likeness (QED) is 0.725. The zero-order valence-electron chi connectivity index (χ0n) is 11.0. The van der Waals surface area contributed by atoms with Crippen LogP contribution >= 0.6 is 15.9 Å². The second-order valence-corrected chi connectivity index (χ2v) is 5.53. The first-order valence-electron chi connectivity index (χ1n) is 6.35. The molecule has 0 bridgehead atoms. The number of aliphatic hydroxyl groups is 2. The molecule has 0 heterocycles. The minimum absolute atomic E-state index is 0.0650. The summed E-state index contributed by atoms with van der Waals surface area (Å²) >= 11 is 3.46. The zero-order valence-corrected chi connectivity index (χ0v) is 12.6. The van der Waals surface area contributed by atoms with E-state index in [0.717, 1.165) is 16.5 Å². The lowest BCUT2D eigenvalue weighted by Gasteiger charge is -2.34. The van der Waals surface area contributed by atoms with Crippen molar-refractivity contribution in [1.82, 2.24) is 5.32 Å². The van der Waals surface area contributed by atoms with Crippen LogP contribution < -0.4 is 5.32 Å². The molecule has 3 nitrogen and oxygen atoms in total. The number of hydrogen-bond donors (Lipinski definition) is 3.